The standard InChI is InChI=1S/C13H22FN3/c1-16(2)6-7-17(3)13-9-11(4-5-15)8-12(14)10-13/h8-10H,4-7,15H2,1-3H3. The predicted molar refractivity (Wildman–Crippen MR) is 71.0 cm³/mol. The molecule has 0 heterocycles. The van der Waals surface area contributed by atoms with Crippen LogP contribution in [0.5, 0.6) is 0 Å². The summed E-state index contributed by atoms with van der Waals surface area (Å²) in [4.78, 5) is 4.17. The van der Waals surface area contributed by atoms with Crippen molar-refractivity contribution in [3.63, 3.8) is 0 Å². The lowest BCUT2D eigenvalue weighted by molar-refractivity contribution is 0.416. The largest absolute Gasteiger partial charge is 0.373 e. The molecule has 0 aliphatic heterocycles. The fourth-order valence-electron chi connectivity index (χ4n) is 1.64. The van der Waals surface area contributed by atoms with Gasteiger partial charge in [0.2, 0.25) is 0 Å². The predicted octanol–water partition coefficient (Wildman–Crippen LogP) is 1.32. The van der Waals surface area contributed by atoms with E-state index in [1.165, 1.54) is 0 Å². The van der Waals surface area contributed by atoms with Crippen LogP contribution in [0.3, 0.4) is 0 Å². The van der Waals surface area contributed by atoms with E-state index < -0.39 is 0 Å². The van der Waals surface area contributed by atoms with E-state index in [1.807, 2.05) is 27.2 Å². The van der Waals surface area contributed by atoms with Crippen LogP contribution in [0.2, 0.25) is 0 Å². The van der Waals surface area contributed by atoms with Crippen LogP contribution < -0.4 is 10.6 Å². The fraction of sp³-hybridized carbons (Fsp3) is 0.538. The van der Waals surface area contributed by atoms with Gasteiger partial charge in [0.25, 0.3) is 0 Å². The summed E-state index contributed by atoms with van der Waals surface area (Å²) in [5, 5.41) is 0. The van der Waals surface area contributed by atoms with E-state index in [-0.39, 0.29) is 5.82 Å². The van der Waals surface area contributed by atoms with Crippen LogP contribution in [0.25, 0.3) is 0 Å². The molecule has 0 atom stereocenters. The highest BCUT2D eigenvalue weighted by Gasteiger charge is 2.05. The van der Waals surface area contributed by atoms with E-state index in [1.54, 1.807) is 12.1 Å². The SMILES string of the molecule is CN(C)CCN(C)c1cc(F)cc(CCN)c1. The second-order valence-corrected chi connectivity index (χ2v) is 4.58. The van der Waals surface area contributed by atoms with Crippen molar-refractivity contribution in [2.75, 3.05) is 45.7 Å². The molecule has 96 valence electrons. The highest BCUT2D eigenvalue weighted by Crippen LogP contribution is 2.17. The highest BCUT2D eigenvalue weighted by molar-refractivity contribution is 5.48. The second kappa shape index (κ2) is 6.57. The quantitative estimate of drug-likeness (QED) is 0.813. The third-order valence-corrected chi connectivity index (χ3v) is 2.70. The first-order valence-corrected chi connectivity index (χ1v) is 5.88. The Morgan fingerprint density at radius 1 is 1.12 bits per heavy atom. The van der Waals surface area contributed by atoms with Gasteiger partial charge in [-0.15, -0.1) is 0 Å². The maximum absolute atomic E-state index is 13.4. The molecule has 0 bridgehead atoms. The van der Waals surface area contributed by atoms with E-state index in [0.29, 0.717) is 13.0 Å². The second-order valence-electron chi connectivity index (χ2n) is 4.58. The van der Waals surface area contributed by atoms with E-state index in [9.17, 15) is 4.39 Å². The zero-order valence-corrected chi connectivity index (χ0v) is 10.9. The molecule has 0 aliphatic rings. The lowest BCUT2D eigenvalue weighted by Gasteiger charge is -2.22. The summed E-state index contributed by atoms with van der Waals surface area (Å²) in [6.07, 6.45) is 0.715. The zero-order valence-electron chi connectivity index (χ0n) is 10.9. The molecule has 0 spiro atoms. The molecule has 17 heavy (non-hydrogen) atoms. The summed E-state index contributed by atoms with van der Waals surface area (Å²) >= 11 is 0. The summed E-state index contributed by atoms with van der Waals surface area (Å²) in [6.45, 7) is 2.36. The molecule has 1 aromatic rings. The summed E-state index contributed by atoms with van der Waals surface area (Å²) in [6, 6.07) is 5.12. The molecule has 0 saturated carbocycles. The first kappa shape index (κ1) is 13.9. The van der Waals surface area contributed by atoms with E-state index in [2.05, 4.69) is 9.80 Å². The molecule has 4 heteroatoms. The number of halogens is 1. The third-order valence-electron chi connectivity index (χ3n) is 2.70. The summed E-state index contributed by atoms with van der Waals surface area (Å²) in [5.74, 6) is -0.192. The van der Waals surface area contributed by atoms with Gasteiger partial charge in [-0.2, -0.15) is 0 Å². The Morgan fingerprint density at radius 3 is 2.41 bits per heavy atom. The number of nitrogens with two attached hydrogens (primary N) is 1. The Hall–Kier alpha value is -1.13. The normalized spacial score (nSPS) is 10.9. The monoisotopic (exact) mass is 239 g/mol. The van der Waals surface area contributed by atoms with Crippen molar-refractivity contribution in [2.24, 2.45) is 5.73 Å². The van der Waals surface area contributed by atoms with Crippen molar-refractivity contribution in [1.82, 2.24) is 4.90 Å². The maximum atomic E-state index is 13.4. The Labute approximate surface area is 103 Å². The molecule has 0 saturated heterocycles. The smallest absolute Gasteiger partial charge is 0.125 e. The van der Waals surface area contributed by atoms with Crippen LogP contribution in [0.4, 0.5) is 10.1 Å². The number of benzene rings is 1. The lowest BCUT2D eigenvalue weighted by Crippen LogP contribution is -2.28. The minimum atomic E-state index is -0.192. The van der Waals surface area contributed by atoms with Crippen LogP contribution in [0.1, 0.15) is 5.56 Å². The van der Waals surface area contributed by atoms with Gasteiger partial charge < -0.3 is 15.5 Å². The molecule has 1 aromatic carbocycles. The molecule has 2 N–H and O–H groups in total. The molecule has 0 amide bonds. The highest BCUT2D eigenvalue weighted by atomic mass is 19.1. The average molecular weight is 239 g/mol. The molecule has 0 fully saturated rings. The van der Waals surface area contributed by atoms with Crippen molar-refractivity contribution in [2.45, 2.75) is 6.42 Å². The average Bonchev–Trinajstić information content (AvgIpc) is 2.25. The van der Waals surface area contributed by atoms with Gasteiger partial charge in [0.1, 0.15) is 5.82 Å². The van der Waals surface area contributed by atoms with Gasteiger partial charge >= 0.3 is 0 Å². The Balaban J connectivity index is 2.74. The van der Waals surface area contributed by atoms with Gasteiger partial charge in [0.15, 0.2) is 0 Å². The molecule has 3 nitrogen and oxygen atoms in total. The van der Waals surface area contributed by atoms with Gasteiger partial charge in [-0.25, -0.2) is 4.39 Å². The summed E-state index contributed by atoms with van der Waals surface area (Å²) in [5.41, 5.74) is 7.36. The van der Waals surface area contributed by atoms with Gasteiger partial charge in [0.05, 0.1) is 0 Å². The van der Waals surface area contributed by atoms with Crippen molar-refractivity contribution >= 4 is 5.69 Å². The molecule has 0 aliphatic carbocycles. The Morgan fingerprint density at radius 2 is 1.82 bits per heavy atom. The van der Waals surface area contributed by atoms with Crippen molar-refractivity contribution in [3.05, 3.63) is 29.6 Å². The number of hydrogen-bond donors (Lipinski definition) is 1. The summed E-state index contributed by atoms with van der Waals surface area (Å²) < 4.78 is 13.4. The topological polar surface area (TPSA) is 32.5 Å². The van der Waals surface area contributed by atoms with Gasteiger partial charge in [-0.1, -0.05) is 0 Å². The third kappa shape index (κ3) is 4.71. The summed E-state index contributed by atoms with van der Waals surface area (Å²) in [7, 11) is 6.03. The zero-order chi connectivity index (χ0) is 12.8. The molecule has 0 aromatic heterocycles. The van der Waals surface area contributed by atoms with Crippen LogP contribution in [-0.4, -0.2) is 45.7 Å². The maximum Gasteiger partial charge on any atom is 0.125 e. The van der Waals surface area contributed by atoms with Gasteiger partial charge in [-0.3, -0.25) is 0 Å². The molecular weight excluding hydrogens is 217 g/mol. The number of hydrogen-bond acceptors (Lipinski definition) is 3. The van der Waals surface area contributed by atoms with Crippen LogP contribution in [0, 0.1) is 5.82 Å². The number of likely N-dealkylation sites (N-methyl/N-ethyl adjacent to an activating group) is 2. The van der Waals surface area contributed by atoms with E-state index >= 15 is 0 Å². The van der Waals surface area contributed by atoms with E-state index in [0.717, 1.165) is 24.3 Å². The first-order chi connectivity index (χ1) is 8.02. The van der Waals surface area contributed by atoms with Crippen molar-refractivity contribution in [1.29, 1.82) is 0 Å². The number of nitrogens with zero attached hydrogens (tertiary/aromatic N) is 2. The van der Waals surface area contributed by atoms with Crippen molar-refractivity contribution in [3.8, 4) is 0 Å². The van der Waals surface area contributed by atoms with Gasteiger partial charge in [0, 0.05) is 25.8 Å². The molecule has 0 radical (unpaired) electrons. The van der Waals surface area contributed by atoms with Gasteiger partial charge in [-0.05, 0) is 50.8 Å². The van der Waals surface area contributed by atoms with Crippen molar-refractivity contribution < 1.29 is 4.39 Å². The van der Waals surface area contributed by atoms with Crippen LogP contribution >= 0.6 is 0 Å². The number of anilines is 1. The van der Waals surface area contributed by atoms with E-state index in [4.69, 9.17) is 5.73 Å². The number of rotatable bonds is 6. The lowest BCUT2D eigenvalue weighted by atomic mass is 10.1. The molecule has 1 rings (SSSR count). The van der Waals surface area contributed by atoms with Crippen LogP contribution in [0.15, 0.2) is 18.2 Å². The minimum Gasteiger partial charge on any atom is -0.373 e. The van der Waals surface area contributed by atoms with Crippen LogP contribution in [-0.2, 0) is 6.42 Å². The molecular formula is C13H22FN3. The first-order valence-electron chi connectivity index (χ1n) is 5.88. The fourth-order valence-corrected chi connectivity index (χ4v) is 1.64. The molecule has 0 unspecified atom stereocenters. The Kier molecular flexibility index (Phi) is 5.38. The minimum absolute atomic E-state index is 0.192. The Bertz CT molecular complexity index is 353.